The Balaban J connectivity index is 1.65. The third-order valence-electron chi connectivity index (χ3n) is 4.90. The van der Waals surface area contributed by atoms with Crippen molar-refractivity contribution in [1.82, 2.24) is 9.62 Å². The van der Waals surface area contributed by atoms with Crippen LogP contribution in [-0.4, -0.2) is 51.0 Å². The molecule has 2 N–H and O–H groups in total. The van der Waals surface area contributed by atoms with Crippen LogP contribution in [0.3, 0.4) is 0 Å². The lowest BCUT2D eigenvalue weighted by Gasteiger charge is -2.26. The first kappa shape index (κ1) is 21.4. The molecule has 0 unspecified atom stereocenters. The molecule has 29 heavy (non-hydrogen) atoms. The van der Waals surface area contributed by atoms with Gasteiger partial charge in [-0.1, -0.05) is 36.4 Å². The molecule has 0 bridgehead atoms. The fourth-order valence-corrected chi connectivity index (χ4v) is 4.66. The third-order valence-corrected chi connectivity index (χ3v) is 6.80. The average Bonchev–Trinajstić information content (AvgIpc) is 2.75. The molecule has 1 fully saturated rings. The van der Waals surface area contributed by atoms with E-state index in [2.05, 4.69) is 10.6 Å². The van der Waals surface area contributed by atoms with Crippen LogP contribution in [0, 0.1) is 0 Å². The molecule has 1 amide bonds. The zero-order valence-corrected chi connectivity index (χ0v) is 17.5. The van der Waals surface area contributed by atoms with Crippen molar-refractivity contribution < 1.29 is 17.9 Å². The van der Waals surface area contributed by atoms with Crippen molar-refractivity contribution >= 4 is 21.6 Å². The first-order chi connectivity index (χ1) is 13.9. The van der Waals surface area contributed by atoms with Gasteiger partial charge in [0.25, 0.3) is 0 Å². The minimum absolute atomic E-state index is 0.00461. The van der Waals surface area contributed by atoms with Crippen molar-refractivity contribution in [1.29, 1.82) is 0 Å². The van der Waals surface area contributed by atoms with Gasteiger partial charge in [0.05, 0.1) is 24.2 Å². The third kappa shape index (κ3) is 5.42. The second-order valence-electron chi connectivity index (χ2n) is 7.05. The summed E-state index contributed by atoms with van der Waals surface area (Å²) in [5.41, 5.74) is 1.54. The van der Waals surface area contributed by atoms with Gasteiger partial charge in [-0.2, -0.15) is 4.31 Å². The van der Waals surface area contributed by atoms with Crippen LogP contribution in [0.15, 0.2) is 59.5 Å². The highest BCUT2D eigenvalue weighted by Gasteiger charge is 2.26. The molecule has 0 aromatic heterocycles. The second-order valence-corrected chi connectivity index (χ2v) is 8.99. The normalized spacial score (nSPS) is 17.4. The van der Waals surface area contributed by atoms with Crippen LogP contribution >= 0.6 is 0 Å². The lowest BCUT2D eigenvalue weighted by atomic mass is 10.1. The molecule has 0 spiro atoms. The van der Waals surface area contributed by atoms with Gasteiger partial charge < -0.3 is 10.1 Å². The number of ether oxygens (including phenoxy) is 1. The van der Waals surface area contributed by atoms with Crippen LogP contribution in [-0.2, 0) is 19.6 Å². The predicted octanol–water partition coefficient (Wildman–Crippen LogP) is 2.39. The molecule has 2 aromatic rings. The van der Waals surface area contributed by atoms with Crippen LogP contribution in [0.5, 0.6) is 0 Å². The van der Waals surface area contributed by atoms with Crippen molar-refractivity contribution in [3.63, 3.8) is 0 Å². The molecule has 2 aromatic carbocycles. The highest BCUT2D eigenvalue weighted by Crippen LogP contribution is 2.21. The number of nitrogens with zero attached hydrogens (tertiary/aromatic N) is 1. The summed E-state index contributed by atoms with van der Waals surface area (Å²) in [6.07, 6.45) is 0. The highest BCUT2D eigenvalue weighted by atomic mass is 32.2. The maximum absolute atomic E-state index is 12.8. The van der Waals surface area contributed by atoms with Gasteiger partial charge in [-0.25, -0.2) is 8.42 Å². The predicted molar refractivity (Wildman–Crippen MR) is 112 cm³/mol. The van der Waals surface area contributed by atoms with Crippen molar-refractivity contribution in [3.05, 3.63) is 60.2 Å². The zero-order chi connectivity index (χ0) is 20.9. The number of hydrogen-bond acceptors (Lipinski definition) is 5. The molecule has 0 saturated carbocycles. The Kier molecular flexibility index (Phi) is 7.02. The summed E-state index contributed by atoms with van der Waals surface area (Å²) in [5, 5.41) is 6.07. The van der Waals surface area contributed by atoms with E-state index in [9.17, 15) is 13.2 Å². The molecule has 0 radical (unpaired) electrons. The van der Waals surface area contributed by atoms with Gasteiger partial charge in [-0.15, -0.1) is 0 Å². The van der Waals surface area contributed by atoms with E-state index in [0.717, 1.165) is 5.56 Å². The minimum atomic E-state index is -3.61. The molecule has 0 aliphatic carbocycles. The lowest BCUT2D eigenvalue weighted by Crippen LogP contribution is -2.40. The van der Waals surface area contributed by atoms with Crippen molar-refractivity contribution in [2.45, 2.75) is 30.8 Å². The van der Waals surface area contributed by atoms with E-state index >= 15 is 0 Å². The quantitative estimate of drug-likeness (QED) is 0.722. The van der Waals surface area contributed by atoms with Gasteiger partial charge in [0.1, 0.15) is 0 Å². The van der Waals surface area contributed by atoms with Gasteiger partial charge in [-0.3, -0.25) is 10.1 Å². The molecular weight excluding hydrogens is 390 g/mol. The topological polar surface area (TPSA) is 87.7 Å². The Morgan fingerprint density at radius 3 is 2.41 bits per heavy atom. The monoisotopic (exact) mass is 417 g/mol. The molecule has 7 nitrogen and oxygen atoms in total. The fourth-order valence-electron chi connectivity index (χ4n) is 3.21. The van der Waals surface area contributed by atoms with Gasteiger partial charge in [0.2, 0.25) is 15.9 Å². The highest BCUT2D eigenvalue weighted by molar-refractivity contribution is 7.89. The summed E-state index contributed by atoms with van der Waals surface area (Å²) < 4.78 is 32.2. The first-order valence-electron chi connectivity index (χ1n) is 9.68. The van der Waals surface area contributed by atoms with Crippen LogP contribution < -0.4 is 10.6 Å². The van der Waals surface area contributed by atoms with E-state index in [1.165, 1.54) is 10.4 Å². The number of hydrogen-bond donors (Lipinski definition) is 2. The molecule has 1 saturated heterocycles. The van der Waals surface area contributed by atoms with Crippen LogP contribution in [0.4, 0.5) is 5.69 Å². The van der Waals surface area contributed by atoms with Gasteiger partial charge in [0, 0.05) is 24.8 Å². The van der Waals surface area contributed by atoms with E-state index < -0.39 is 16.1 Å². The number of carbonyl (C=O) groups is 1. The Bertz CT molecular complexity index is 928. The SMILES string of the molecule is C[C@H](N[C@H](C)C(=O)Nc1cccc(S(=O)(=O)N2CCOCC2)c1)c1ccccc1. The largest absolute Gasteiger partial charge is 0.379 e. The molecule has 8 heteroatoms. The summed E-state index contributed by atoms with van der Waals surface area (Å²) in [6, 6.07) is 15.8. The number of carbonyl (C=O) groups excluding carboxylic acids is 1. The smallest absolute Gasteiger partial charge is 0.243 e. The molecule has 156 valence electrons. The standard InChI is InChI=1S/C21H27N3O4S/c1-16(18-7-4-3-5-8-18)22-17(2)21(25)23-19-9-6-10-20(15-19)29(26,27)24-11-13-28-14-12-24/h3-10,15-17,22H,11-14H2,1-2H3,(H,23,25)/t16-,17+/m0/s1. The average molecular weight is 418 g/mol. The van der Waals surface area contributed by atoms with Gasteiger partial charge >= 0.3 is 0 Å². The van der Waals surface area contributed by atoms with Crippen LogP contribution in [0.25, 0.3) is 0 Å². The Labute approximate surface area is 172 Å². The Morgan fingerprint density at radius 2 is 1.72 bits per heavy atom. The zero-order valence-electron chi connectivity index (χ0n) is 16.7. The van der Waals surface area contributed by atoms with Crippen molar-refractivity contribution in [2.24, 2.45) is 0 Å². The second kappa shape index (κ2) is 9.49. The van der Waals surface area contributed by atoms with Crippen LogP contribution in [0.2, 0.25) is 0 Å². The maximum Gasteiger partial charge on any atom is 0.243 e. The Morgan fingerprint density at radius 1 is 1.03 bits per heavy atom. The fraction of sp³-hybridized carbons (Fsp3) is 0.381. The van der Waals surface area contributed by atoms with E-state index in [4.69, 9.17) is 4.74 Å². The van der Waals surface area contributed by atoms with E-state index in [1.54, 1.807) is 25.1 Å². The molecule has 1 aliphatic rings. The summed E-state index contributed by atoms with van der Waals surface area (Å²) in [5.74, 6) is -0.228. The number of nitrogens with one attached hydrogen (secondary N) is 2. The molecule has 1 heterocycles. The molecule has 2 atom stereocenters. The molecule has 3 rings (SSSR count). The molecular formula is C21H27N3O4S. The van der Waals surface area contributed by atoms with Crippen molar-refractivity contribution in [2.75, 3.05) is 31.6 Å². The summed E-state index contributed by atoms with van der Waals surface area (Å²) >= 11 is 0. The van der Waals surface area contributed by atoms with E-state index in [0.29, 0.717) is 32.0 Å². The van der Waals surface area contributed by atoms with Gasteiger partial charge in [0.15, 0.2) is 0 Å². The Hall–Kier alpha value is -2.26. The summed E-state index contributed by atoms with van der Waals surface area (Å²) in [4.78, 5) is 12.8. The van der Waals surface area contributed by atoms with E-state index in [1.807, 2.05) is 37.3 Å². The molecule has 1 aliphatic heterocycles. The summed E-state index contributed by atoms with van der Waals surface area (Å²) in [6.45, 7) is 5.21. The van der Waals surface area contributed by atoms with E-state index in [-0.39, 0.29) is 16.8 Å². The number of benzene rings is 2. The number of morpholine rings is 1. The van der Waals surface area contributed by atoms with Crippen LogP contribution in [0.1, 0.15) is 25.5 Å². The van der Waals surface area contributed by atoms with Crippen molar-refractivity contribution in [3.8, 4) is 0 Å². The van der Waals surface area contributed by atoms with Gasteiger partial charge in [-0.05, 0) is 37.6 Å². The number of amides is 1. The number of rotatable bonds is 7. The summed E-state index contributed by atoms with van der Waals surface area (Å²) in [7, 11) is -3.61. The lowest BCUT2D eigenvalue weighted by molar-refractivity contribution is -0.117. The first-order valence-corrected chi connectivity index (χ1v) is 11.1. The maximum atomic E-state index is 12.8. The minimum Gasteiger partial charge on any atom is -0.379 e. The number of sulfonamides is 1. The number of anilines is 1.